The van der Waals surface area contributed by atoms with Crippen LogP contribution in [-0.4, -0.2) is 67.4 Å². The third-order valence-electron chi connectivity index (χ3n) is 7.49. The van der Waals surface area contributed by atoms with Crippen LogP contribution in [0.15, 0.2) is 24.3 Å². The van der Waals surface area contributed by atoms with E-state index in [4.69, 9.17) is 16.7 Å². The third kappa shape index (κ3) is 2.99. The van der Waals surface area contributed by atoms with Crippen LogP contribution in [0.2, 0.25) is 5.02 Å². The number of hydrogen-bond acceptors (Lipinski definition) is 5. The molecule has 0 saturated carbocycles. The van der Waals surface area contributed by atoms with Crippen LogP contribution in [0.1, 0.15) is 45.0 Å². The van der Waals surface area contributed by atoms with E-state index in [2.05, 4.69) is 27.9 Å². The summed E-state index contributed by atoms with van der Waals surface area (Å²) in [4.78, 5) is 25.1. The number of halogens is 1. The number of amides is 1. The van der Waals surface area contributed by atoms with Gasteiger partial charge >= 0.3 is 0 Å². The molecule has 0 radical (unpaired) electrons. The molecule has 5 heterocycles. The molecule has 2 unspecified atom stereocenters. The quantitative estimate of drug-likeness (QED) is 0.614. The number of carbonyl (C=O) groups excluding carboxylic acids is 1. The van der Waals surface area contributed by atoms with E-state index in [1.807, 2.05) is 41.5 Å². The van der Waals surface area contributed by atoms with Crippen LogP contribution < -0.4 is 0 Å². The van der Waals surface area contributed by atoms with Gasteiger partial charge in [-0.2, -0.15) is 5.10 Å². The number of likely N-dealkylation sites (N-methyl/N-ethyl adjacent to an activating group) is 1. The molecule has 6 rings (SSSR count). The molecule has 166 valence electrons. The Morgan fingerprint density at radius 3 is 2.72 bits per heavy atom. The number of likely N-dealkylation sites (tertiary alicyclic amines) is 2. The molecule has 1 amide bonds. The molecule has 1 aromatic carbocycles. The van der Waals surface area contributed by atoms with Gasteiger partial charge in [0.05, 0.1) is 35.2 Å². The van der Waals surface area contributed by atoms with Crippen molar-refractivity contribution in [1.82, 2.24) is 29.3 Å². The zero-order valence-corrected chi connectivity index (χ0v) is 19.4. The second kappa shape index (κ2) is 7.27. The molecule has 2 aromatic heterocycles. The minimum Gasteiger partial charge on any atom is -0.328 e. The van der Waals surface area contributed by atoms with Crippen molar-refractivity contribution in [1.29, 1.82) is 0 Å². The van der Waals surface area contributed by atoms with Gasteiger partial charge in [0.15, 0.2) is 5.65 Å². The molecule has 0 aliphatic carbocycles. The van der Waals surface area contributed by atoms with Gasteiger partial charge in [0.2, 0.25) is 0 Å². The van der Waals surface area contributed by atoms with Crippen molar-refractivity contribution >= 4 is 23.2 Å². The maximum absolute atomic E-state index is 13.6. The van der Waals surface area contributed by atoms with Gasteiger partial charge in [-0.3, -0.25) is 9.69 Å². The Balaban J connectivity index is 1.25. The number of aromatic nitrogens is 3. The van der Waals surface area contributed by atoms with Gasteiger partial charge in [0.25, 0.3) is 5.91 Å². The van der Waals surface area contributed by atoms with Crippen LogP contribution in [0.5, 0.6) is 0 Å². The Bertz CT molecular complexity index is 1250. The van der Waals surface area contributed by atoms with Crippen molar-refractivity contribution < 1.29 is 4.79 Å². The van der Waals surface area contributed by atoms with Gasteiger partial charge in [-0.1, -0.05) is 29.8 Å². The van der Waals surface area contributed by atoms with Crippen molar-refractivity contribution in [3.8, 4) is 0 Å². The van der Waals surface area contributed by atoms with Gasteiger partial charge in [-0.05, 0) is 38.9 Å². The predicted octanol–water partition coefficient (Wildman–Crippen LogP) is 3.04. The van der Waals surface area contributed by atoms with Gasteiger partial charge in [0.1, 0.15) is 0 Å². The topological polar surface area (TPSA) is 57.0 Å². The average Bonchev–Trinajstić information content (AvgIpc) is 3.53. The Morgan fingerprint density at radius 1 is 1.16 bits per heavy atom. The summed E-state index contributed by atoms with van der Waals surface area (Å²) in [6.45, 7) is 7.93. The first-order valence-corrected chi connectivity index (χ1v) is 11.6. The Labute approximate surface area is 192 Å². The van der Waals surface area contributed by atoms with Gasteiger partial charge in [-0.15, -0.1) is 0 Å². The monoisotopic (exact) mass is 450 g/mol. The molecular formula is C24H27ClN6O. The molecule has 0 spiro atoms. The Hall–Kier alpha value is -2.48. The molecule has 3 aliphatic heterocycles. The maximum Gasteiger partial charge on any atom is 0.254 e. The van der Waals surface area contributed by atoms with E-state index in [0.717, 1.165) is 59.1 Å². The third-order valence-corrected chi connectivity index (χ3v) is 8.04. The van der Waals surface area contributed by atoms with Crippen molar-refractivity contribution in [3.05, 3.63) is 63.1 Å². The molecule has 3 aliphatic rings. The van der Waals surface area contributed by atoms with Crippen molar-refractivity contribution in [2.45, 2.75) is 52.0 Å². The smallest absolute Gasteiger partial charge is 0.254 e. The second-order valence-corrected chi connectivity index (χ2v) is 9.87. The zero-order valence-electron chi connectivity index (χ0n) is 18.7. The van der Waals surface area contributed by atoms with E-state index in [1.54, 1.807) is 0 Å². The number of nitrogens with zero attached hydrogens (tertiary/aromatic N) is 6. The first-order valence-electron chi connectivity index (χ1n) is 11.3. The van der Waals surface area contributed by atoms with Crippen LogP contribution in [0, 0.1) is 13.8 Å². The highest BCUT2D eigenvalue weighted by Gasteiger charge is 2.41. The van der Waals surface area contributed by atoms with Gasteiger partial charge in [0, 0.05) is 42.8 Å². The van der Waals surface area contributed by atoms with Crippen LogP contribution in [0.25, 0.3) is 5.65 Å². The number of benzene rings is 1. The van der Waals surface area contributed by atoms with E-state index < -0.39 is 0 Å². The standard InChI is InChI=1S/C24H27ClN6O/c1-14-22(25)15(2)31-23(26-14)20-12-30(13-21(20)27-31)24(32)19-7-5-4-6-16(19)9-29-11-17-8-18(29)10-28(17)3/h4-7,17-18H,8-13H2,1-3H3. The number of hydrogen-bond donors (Lipinski definition) is 0. The Kier molecular flexibility index (Phi) is 4.58. The molecule has 2 atom stereocenters. The molecule has 2 saturated heterocycles. The molecule has 2 fully saturated rings. The number of fused-ring (bicyclic) bond motifs is 5. The maximum atomic E-state index is 13.6. The molecule has 32 heavy (non-hydrogen) atoms. The summed E-state index contributed by atoms with van der Waals surface area (Å²) in [6, 6.07) is 9.32. The van der Waals surface area contributed by atoms with E-state index in [0.29, 0.717) is 30.2 Å². The first-order chi connectivity index (χ1) is 15.4. The highest BCUT2D eigenvalue weighted by Crippen LogP contribution is 2.33. The lowest BCUT2D eigenvalue weighted by molar-refractivity contribution is 0.0746. The van der Waals surface area contributed by atoms with Crippen LogP contribution >= 0.6 is 11.6 Å². The fourth-order valence-electron chi connectivity index (χ4n) is 5.65. The van der Waals surface area contributed by atoms with Crippen LogP contribution in [0.3, 0.4) is 0 Å². The molecule has 2 bridgehead atoms. The SMILES string of the molecule is Cc1nc2c3c(nn2c(C)c1Cl)CN(C(=O)c1ccccc1CN1CC2CC1CN2C)C3. The zero-order chi connectivity index (χ0) is 22.1. The summed E-state index contributed by atoms with van der Waals surface area (Å²) < 4.78 is 1.81. The van der Waals surface area contributed by atoms with Gasteiger partial charge in [-0.25, -0.2) is 9.50 Å². The summed E-state index contributed by atoms with van der Waals surface area (Å²) in [5, 5.41) is 5.36. The average molecular weight is 451 g/mol. The van der Waals surface area contributed by atoms with Crippen molar-refractivity contribution in [2.75, 3.05) is 20.1 Å². The van der Waals surface area contributed by atoms with Crippen LogP contribution in [0.4, 0.5) is 0 Å². The fourth-order valence-corrected chi connectivity index (χ4v) is 5.78. The minimum atomic E-state index is 0.0700. The molecule has 7 nitrogen and oxygen atoms in total. The number of piperazine rings is 1. The number of carbonyl (C=O) groups is 1. The molecule has 8 heteroatoms. The summed E-state index contributed by atoms with van der Waals surface area (Å²) >= 11 is 6.36. The van der Waals surface area contributed by atoms with E-state index in [-0.39, 0.29) is 5.91 Å². The summed E-state index contributed by atoms with van der Waals surface area (Å²) in [5.74, 6) is 0.0700. The predicted molar refractivity (Wildman–Crippen MR) is 123 cm³/mol. The molecule has 0 N–H and O–H groups in total. The fraction of sp³-hybridized carbons (Fsp3) is 0.458. The lowest BCUT2D eigenvalue weighted by Crippen LogP contribution is -2.44. The minimum absolute atomic E-state index is 0.0700. The highest BCUT2D eigenvalue weighted by atomic mass is 35.5. The highest BCUT2D eigenvalue weighted by molar-refractivity contribution is 6.31. The van der Waals surface area contributed by atoms with Gasteiger partial charge < -0.3 is 9.80 Å². The molecule has 3 aromatic rings. The summed E-state index contributed by atoms with van der Waals surface area (Å²) in [6.07, 6.45) is 1.24. The Morgan fingerprint density at radius 2 is 1.97 bits per heavy atom. The lowest BCUT2D eigenvalue weighted by Gasteiger charge is -2.32. The summed E-state index contributed by atoms with van der Waals surface area (Å²) in [7, 11) is 2.21. The lowest BCUT2D eigenvalue weighted by atomic mass is 10.1. The van der Waals surface area contributed by atoms with E-state index in [9.17, 15) is 4.79 Å². The van der Waals surface area contributed by atoms with E-state index >= 15 is 0 Å². The van der Waals surface area contributed by atoms with E-state index in [1.165, 1.54) is 6.42 Å². The van der Waals surface area contributed by atoms with Crippen LogP contribution in [-0.2, 0) is 19.6 Å². The molecular weight excluding hydrogens is 424 g/mol. The number of aryl methyl sites for hydroxylation is 2. The normalized spacial score (nSPS) is 22.9. The number of rotatable bonds is 3. The van der Waals surface area contributed by atoms with Crippen molar-refractivity contribution in [2.24, 2.45) is 0 Å². The van der Waals surface area contributed by atoms with Crippen molar-refractivity contribution in [3.63, 3.8) is 0 Å². The largest absolute Gasteiger partial charge is 0.328 e. The first kappa shape index (κ1) is 20.1. The second-order valence-electron chi connectivity index (χ2n) is 9.49. The summed E-state index contributed by atoms with van der Waals surface area (Å²) in [5.41, 5.74) is 6.33.